The van der Waals surface area contributed by atoms with Crippen molar-refractivity contribution >= 4 is 18.1 Å². The molecule has 17 heavy (non-hydrogen) atoms. The van der Waals surface area contributed by atoms with Gasteiger partial charge in [-0.15, -0.1) is 10.2 Å². The van der Waals surface area contributed by atoms with E-state index in [2.05, 4.69) is 15.5 Å². The van der Waals surface area contributed by atoms with Crippen LogP contribution in [0.1, 0.15) is 15.9 Å². The Morgan fingerprint density at radius 1 is 1.53 bits per heavy atom. The van der Waals surface area contributed by atoms with E-state index in [9.17, 15) is 9.18 Å². The average Bonchev–Trinajstić information content (AvgIpc) is 2.34. The van der Waals surface area contributed by atoms with Gasteiger partial charge in [-0.25, -0.2) is 4.39 Å². The van der Waals surface area contributed by atoms with E-state index >= 15 is 0 Å². The van der Waals surface area contributed by atoms with Crippen LogP contribution in [0.15, 0.2) is 28.4 Å². The molecule has 0 aliphatic rings. The summed E-state index contributed by atoms with van der Waals surface area (Å²) in [4.78, 5) is 11.2. The van der Waals surface area contributed by atoms with Crippen LogP contribution in [0.5, 0.6) is 0 Å². The lowest BCUT2D eigenvalue weighted by atomic mass is 10.1. The number of carbonyl (C=O) groups excluding carboxylic acids is 1. The number of rotatable bonds is 3. The molecule has 90 valence electrons. The summed E-state index contributed by atoms with van der Waals surface area (Å²) in [5, 5.41) is 9.21. The van der Waals surface area contributed by atoms with Crippen LogP contribution in [0.2, 0.25) is 0 Å². The van der Waals surface area contributed by atoms with Gasteiger partial charge in [-0.1, -0.05) is 6.07 Å². The van der Waals surface area contributed by atoms with E-state index in [0.717, 1.165) is 12.4 Å². The number of hydrogen-bond donors (Lipinski definition) is 3. The summed E-state index contributed by atoms with van der Waals surface area (Å²) < 4.78 is 13.5. The van der Waals surface area contributed by atoms with E-state index < -0.39 is 11.7 Å². The summed E-state index contributed by atoms with van der Waals surface area (Å²) in [6, 6.07) is 3.89. The molecule has 0 fully saturated rings. The Morgan fingerprint density at radius 3 is 2.76 bits per heavy atom. The SMILES string of the molecule is CNC(=O)c1ccc(/C(N)=N/N=C\N)cc1F. The molecule has 0 saturated carbocycles. The van der Waals surface area contributed by atoms with Crippen LogP contribution >= 0.6 is 0 Å². The first-order valence-corrected chi connectivity index (χ1v) is 4.68. The third-order valence-electron chi connectivity index (χ3n) is 1.97. The summed E-state index contributed by atoms with van der Waals surface area (Å²) in [5.41, 5.74) is 10.8. The highest BCUT2D eigenvalue weighted by Gasteiger charge is 2.11. The minimum atomic E-state index is -0.684. The Hall–Kier alpha value is -2.44. The monoisotopic (exact) mass is 237 g/mol. The maximum absolute atomic E-state index is 13.5. The van der Waals surface area contributed by atoms with Crippen LogP contribution in [0.3, 0.4) is 0 Å². The zero-order valence-corrected chi connectivity index (χ0v) is 9.14. The van der Waals surface area contributed by atoms with Gasteiger partial charge in [0.2, 0.25) is 0 Å². The molecular formula is C10H12FN5O. The minimum Gasteiger partial charge on any atom is -0.388 e. The van der Waals surface area contributed by atoms with Gasteiger partial charge in [0.15, 0.2) is 5.84 Å². The summed E-state index contributed by atoms with van der Waals surface area (Å²) in [5.74, 6) is -1.18. The predicted octanol–water partition coefficient (Wildman–Crippen LogP) is -0.207. The normalized spacial score (nSPS) is 11.8. The molecule has 6 nitrogen and oxygen atoms in total. The number of hydrogen-bond acceptors (Lipinski definition) is 3. The molecular weight excluding hydrogens is 225 g/mol. The van der Waals surface area contributed by atoms with Crippen molar-refractivity contribution in [1.29, 1.82) is 0 Å². The lowest BCUT2D eigenvalue weighted by Gasteiger charge is -2.04. The van der Waals surface area contributed by atoms with Crippen LogP contribution < -0.4 is 16.8 Å². The molecule has 5 N–H and O–H groups in total. The van der Waals surface area contributed by atoms with Gasteiger partial charge in [-0.05, 0) is 12.1 Å². The Kier molecular flexibility index (Phi) is 4.15. The van der Waals surface area contributed by atoms with Gasteiger partial charge in [0.05, 0.1) is 5.56 Å². The molecule has 0 aliphatic carbocycles. The van der Waals surface area contributed by atoms with Crippen molar-refractivity contribution in [1.82, 2.24) is 5.32 Å². The number of carbonyl (C=O) groups is 1. The molecule has 0 radical (unpaired) electrons. The highest BCUT2D eigenvalue weighted by Crippen LogP contribution is 2.10. The fourth-order valence-electron chi connectivity index (χ4n) is 1.15. The van der Waals surface area contributed by atoms with E-state index in [-0.39, 0.29) is 11.4 Å². The molecule has 0 unspecified atom stereocenters. The van der Waals surface area contributed by atoms with Gasteiger partial charge in [-0.3, -0.25) is 4.79 Å². The molecule has 0 saturated heterocycles. The molecule has 0 heterocycles. The van der Waals surface area contributed by atoms with Crippen molar-refractivity contribution in [3.8, 4) is 0 Å². The summed E-state index contributed by atoms with van der Waals surface area (Å²) in [7, 11) is 1.42. The third kappa shape index (κ3) is 3.00. The van der Waals surface area contributed by atoms with Gasteiger partial charge in [0.25, 0.3) is 5.91 Å². The molecule has 0 spiro atoms. The van der Waals surface area contributed by atoms with Crippen LogP contribution in [0.4, 0.5) is 4.39 Å². The number of nitrogens with two attached hydrogens (primary N) is 2. The molecule has 1 aromatic rings. The lowest BCUT2D eigenvalue weighted by molar-refractivity contribution is 0.0959. The Labute approximate surface area is 97.2 Å². The van der Waals surface area contributed by atoms with Crippen molar-refractivity contribution in [3.05, 3.63) is 35.1 Å². The number of nitrogens with zero attached hydrogens (tertiary/aromatic N) is 2. The number of amides is 1. The molecule has 1 rings (SSSR count). The van der Waals surface area contributed by atoms with Crippen molar-refractivity contribution in [2.24, 2.45) is 21.7 Å². The maximum Gasteiger partial charge on any atom is 0.253 e. The first kappa shape index (κ1) is 12.6. The molecule has 0 bridgehead atoms. The van der Waals surface area contributed by atoms with Crippen molar-refractivity contribution < 1.29 is 9.18 Å². The first-order chi connectivity index (χ1) is 8.10. The number of nitrogens with one attached hydrogen (secondary N) is 1. The minimum absolute atomic E-state index is 0.00839. The molecule has 1 aromatic carbocycles. The van der Waals surface area contributed by atoms with Crippen LogP contribution in [0.25, 0.3) is 0 Å². The lowest BCUT2D eigenvalue weighted by Crippen LogP contribution is -2.20. The largest absolute Gasteiger partial charge is 0.388 e. The Morgan fingerprint density at radius 2 is 2.24 bits per heavy atom. The second kappa shape index (κ2) is 5.59. The van der Waals surface area contributed by atoms with E-state index in [1.807, 2.05) is 0 Å². The van der Waals surface area contributed by atoms with Crippen molar-refractivity contribution in [2.75, 3.05) is 7.05 Å². The van der Waals surface area contributed by atoms with Crippen LogP contribution in [-0.4, -0.2) is 25.1 Å². The van der Waals surface area contributed by atoms with Crippen LogP contribution in [-0.2, 0) is 0 Å². The number of benzene rings is 1. The van der Waals surface area contributed by atoms with E-state index in [0.29, 0.717) is 5.56 Å². The molecule has 0 aliphatic heterocycles. The number of halogens is 1. The van der Waals surface area contributed by atoms with Crippen LogP contribution in [0, 0.1) is 5.82 Å². The van der Waals surface area contributed by atoms with Gasteiger partial charge in [-0.2, -0.15) is 0 Å². The van der Waals surface area contributed by atoms with Gasteiger partial charge in [0, 0.05) is 12.6 Å². The fourth-order valence-corrected chi connectivity index (χ4v) is 1.15. The van der Waals surface area contributed by atoms with Gasteiger partial charge < -0.3 is 16.8 Å². The third-order valence-corrected chi connectivity index (χ3v) is 1.97. The molecule has 0 aromatic heterocycles. The predicted molar refractivity (Wildman–Crippen MR) is 63.2 cm³/mol. The Bertz CT molecular complexity index is 484. The van der Waals surface area contributed by atoms with E-state index in [1.165, 1.54) is 19.2 Å². The zero-order valence-electron chi connectivity index (χ0n) is 9.14. The Balaban J connectivity index is 3.08. The van der Waals surface area contributed by atoms with Gasteiger partial charge >= 0.3 is 0 Å². The topological polar surface area (TPSA) is 106 Å². The summed E-state index contributed by atoms with van der Waals surface area (Å²) in [6.07, 6.45) is 0.960. The highest BCUT2D eigenvalue weighted by atomic mass is 19.1. The summed E-state index contributed by atoms with van der Waals surface area (Å²) >= 11 is 0. The van der Waals surface area contributed by atoms with Crippen molar-refractivity contribution in [3.63, 3.8) is 0 Å². The second-order valence-electron chi connectivity index (χ2n) is 3.02. The fraction of sp³-hybridized carbons (Fsp3) is 0.100. The second-order valence-corrected chi connectivity index (χ2v) is 3.02. The smallest absolute Gasteiger partial charge is 0.253 e. The van der Waals surface area contributed by atoms with Crippen molar-refractivity contribution in [2.45, 2.75) is 0 Å². The average molecular weight is 237 g/mol. The standard InChI is InChI=1S/C10H12FN5O/c1-14-10(17)7-3-2-6(4-8(7)11)9(13)16-15-5-12/h2-5H,1H3,(H2,12,15)(H2,13,16)(H,14,17). The molecule has 1 amide bonds. The molecule has 0 atom stereocenters. The van der Waals surface area contributed by atoms with Gasteiger partial charge in [0.1, 0.15) is 12.2 Å². The highest BCUT2D eigenvalue weighted by molar-refractivity contribution is 5.99. The maximum atomic E-state index is 13.5. The number of amidine groups is 1. The zero-order chi connectivity index (χ0) is 12.8. The van der Waals surface area contributed by atoms with E-state index in [1.54, 1.807) is 0 Å². The molecule has 7 heteroatoms. The first-order valence-electron chi connectivity index (χ1n) is 4.68. The van der Waals surface area contributed by atoms with E-state index in [4.69, 9.17) is 11.5 Å². The summed E-state index contributed by atoms with van der Waals surface area (Å²) in [6.45, 7) is 0. The quantitative estimate of drug-likeness (QED) is 0.385.